The SMILES string of the molecule is CC(=O)Nc1ccc(/C=C2/N=C(c3ccccc3Br)OC2=O)cc1. The molecule has 0 saturated carbocycles. The highest BCUT2D eigenvalue weighted by Gasteiger charge is 2.25. The lowest BCUT2D eigenvalue weighted by atomic mass is 10.1. The summed E-state index contributed by atoms with van der Waals surface area (Å²) in [5.74, 6) is -0.358. The number of aliphatic imine (C=N–C) groups is 1. The van der Waals surface area contributed by atoms with E-state index < -0.39 is 5.97 Å². The van der Waals surface area contributed by atoms with Crippen molar-refractivity contribution in [3.05, 3.63) is 69.8 Å². The molecule has 0 spiro atoms. The quantitative estimate of drug-likeness (QED) is 0.647. The third-order valence-corrected chi connectivity index (χ3v) is 3.95. The average molecular weight is 385 g/mol. The Hall–Kier alpha value is -2.73. The molecule has 3 rings (SSSR count). The van der Waals surface area contributed by atoms with Crippen molar-refractivity contribution < 1.29 is 14.3 Å². The van der Waals surface area contributed by atoms with Crippen LogP contribution in [0.5, 0.6) is 0 Å². The molecule has 120 valence electrons. The van der Waals surface area contributed by atoms with Crippen molar-refractivity contribution >= 4 is 45.5 Å². The summed E-state index contributed by atoms with van der Waals surface area (Å²) in [6.45, 7) is 1.45. The Bertz CT molecular complexity index is 870. The molecule has 2 aromatic rings. The first-order valence-corrected chi connectivity index (χ1v) is 7.97. The van der Waals surface area contributed by atoms with Crippen LogP contribution in [0.15, 0.2) is 63.7 Å². The van der Waals surface area contributed by atoms with Crippen LogP contribution in [0.2, 0.25) is 0 Å². The molecule has 1 heterocycles. The molecule has 1 amide bonds. The van der Waals surface area contributed by atoms with Gasteiger partial charge in [0.25, 0.3) is 0 Å². The molecule has 0 aromatic heterocycles. The van der Waals surface area contributed by atoms with Crippen molar-refractivity contribution in [3.8, 4) is 0 Å². The van der Waals surface area contributed by atoms with Gasteiger partial charge in [0.2, 0.25) is 11.8 Å². The van der Waals surface area contributed by atoms with Crippen molar-refractivity contribution in [1.29, 1.82) is 0 Å². The lowest BCUT2D eigenvalue weighted by Crippen LogP contribution is -2.06. The highest BCUT2D eigenvalue weighted by atomic mass is 79.9. The van der Waals surface area contributed by atoms with Gasteiger partial charge < -0.3 is 10.1 Å². The maximum Gasteiger partial charge on any atom is 0.363 e. The second kappa shape index (κ2) is 6.80. The van der Waals surface area contributed by atoms with E-state index >= 15 is 0 Å². The number of hydrogen-bond donors (Lipinski definition) is 1. The fourth-order valence-corrected chi connectivity index (χ4v) is 2.64. The van der Waals surface area contributed by atoms with Crippen molar-refractivity contribution in [2.24, 2.45) is 4.99 Å². The predicted octanol–water partition coefficient (Wildman–Crippen LogP) is 3.75. The summed E-state index contributed by atoms with van der Waals surface area (Å²) in [5, 5.41) is 2.69. The summed E-state index contributed by atoms with van der Waals surface area (Å²) in [6.07, 6.45) is 1.64. The third kappa shape index (κ3) is 3.60. The van der Waals surface area contributed by atoms with Gasteiger partial charge in [-0.25, -0.2) is 9.79 Å². The van der Waals surface area contributed by atoms with Crippen LogP contribution in [0.3, 0.4) is 0 Å². The van der Waals surface area contributed by atoms with Crippen LogP contribution in [-0.4, -0.2) is 17.8 Å². The summed E-state index contributed by atoms with van der Waals surface area (Å²) in [6, 6.07) is 14.5. The van der Waals surface area contributed by atoms with Crippen LogP contribution in [0.4, 0.5) is 5.69 Å². The molecule has 2 aromatic carbocycles. The van der Waals surface area contributed by atoms with Crippen LogP contribution in [0.1, 0.15) is 18.1 Å². The molecule has 0 saturated heterocycles. The molecule has 6 heteroatoms. The number of nitrogens with one attached hydrogen (secondary N) is 1. The number of nitrogens with zero attached hydrogens (tertiary/aromatic N) is 1. The van der Waals surface area contributed by atoms with Crippen LogP contribution in [0, 0.1) is 0 Å². The van der Waals surface area contributed by atoms with Crippen molar-refractivity contribution in [2.75, 3.05) is 5.32 Å². The number of amides is 1. The first-order chi connectivity index (χ1) is 11.5. The minimum atomic E-state index is -0.494. The zero-order valence-electron chi connectivity index (χ0n) is 12.7. The fraction of sp³-hybridized carbons (Fsp3) is 0.0556. The minimum Gasteiger partial charge on any atom is -0.402 e. The summed E-state index contributed by atoms with van der Waals surface area (Å²) in [5.41, 5.74) is 2.42. The third-order valence-electron chi connectivity index (χ3n) is 3.26. The van der Waals surface area contributed by atoms with Gasteiger partial charge >= 0.3 is 5.97 Å². The maximum atomic E-state index is 12.0. The smallest absolute Gasteiger partial charge is 0.363 e. The number of esters is 1. The van der Waals surface area contributed by atoms with E-state index in [1.807, 2.05) is 24.3 Å². The molecule has 0 fully saturated rings. The molecule has 1 N–H and O–H groups in total. The van der Waals surface area contributed by atoms with Crippen LogP contribution < -0.4 is 5.32 Å². The van der Waals surface area contributed by atoms with Gasteiger partial charge in [-0.05, 0) is 51.8 Å². The molecular formula is C18H13BrN2O3. The molecule has 0 bridgehead atoms. The van der Waals surface area contributed by atoms with Crippen molar-refractivity contribution in [1.82, 2.24) is 0 Å². The number of benzene rings is 2. The van der Waals surface area contributed by atoms with Crippen molar-refractivity contribution in [2.45, 2.75) is 6.92 Å². The largest absolute Gasteiger partial charge is 0.402 e. The van der Waals surface area contributed by atoms with Gasteiger partial charge in [-0.2, -0.15) is 0 Å². The first kappa shape index (κ1) is 16.1. The molecule has 0 atom stereocenters. The second-order valence-corrected chi connectivity index (χ2v) is 5.97. The van der Waals surface area contributed by atoms with E-state index in [1.54, 1.807) is 30.3 Å². The van der Waals surface area contributed by atoms with E-state index in [0.29, 0.717) is 5.69 Å². The molecule has 0 aliphatic carbocycles. The maximum absolute atomic E-state index is 12.0. The second-order valence-electron chi connectivity index (χ2n) is 5.12. The minimum absolute atomic E-state index is 0.136. The number of cyclic esters (lactones) is 1. The number of carbonyl (C=O) groups is 2. The Morgan fingerprint density at radius 1 is 1.17 bits per heavy atom. The number of carbonyl (C=O) groups excluding carboxylic acids is 2. The van der Waals surface area contributed by atoms with Gasteiger partial charge in [-0.1, -0.05) is 24.3 Å². The van der Waals surface area contributed by atoms with Gasteiger partial charge in [-0.3, -0.25) is 4.79 Å². The fourth-order valence-electron chi connectivity index (χ4n) is 2.18. The van der Waals surface area contributed by atoms with E-state index in [9.17, 15) is 9.59 Å². The van der Waals surface area contributed by atoms with Crippen LogP contribution in [-0.2, 0) is 14.3 Å². The highest BCUT2D eigenvalue weighted by molar-refractivity contribution is 9.10. The van der Waals surface area contributed by atoms with Gasteiger partial charge in [0.15, 0.2) is 5.70 Å². The number of hydrogen-bond acceptors (Lipinski definition) is 4. The molecule has 1 aliphatic rings. The molecule has 5 nitrogen and oxygen atoms in total. The molecule has 0 unspecified atom stereocenters. The van der Waals surface area contributed by atoms with Gasteiger partial charge in [-0.15, -0.1) is 0 Å². The lowest BCUT2D eigenvalue weighted by Gasteiger charge is -2.01. The van der Waals surface area contributed by atoms with E-state index in [4.69, 9.17) is 4.74 Å². The lowest BCUT2D eigenvalue weighted by molar-refractivity contribution is -0.129. The number of anilines is 1. The Labute approximate surface area is 147 Å². The summed E-state index contributed by atoms with van der Waals surface area (Å²) >= 11 is 3.41. The summed E-state index contributed by atoms with van der Waals surface area (Å²) in [7, 11) is 0. The van der Waals surface area contributed by atoms with E-state index in [-0.39, 0.29) is 17.5 Å². The van der Waals surface area contributed by atoms with Gasteiger partial charge in [0.05, 0.1) is 5.56 Å². The zero-order valence-corrected chi connectivity index (χ0v) is 14.3. The van der Waals surface area contributed by atoms with Crippen LogP contribution >= 0.6 is 15.9 Å². The Morgan fingerprint density at radius 2 is 1.88 bits per heavy atom. The highest BCUT2D eigenvalue weighted by Crippen LogP contribution is 2.24. The normalized spacial score (nSPS) is 15.2. The molecule has 0 radical (unpaired) electrons. The molecular weight excluding hydrogens is 372 g/mol. The first-order valence-electron chi connectivity index (χ1n) is 7.18. The Morgan fingerprint density at radius 3 is 2.54 bits per heavy atom. The van der Waals surface area contributed by atoms with Gasteiger partial charge in [0, 0.05) is 17.1 Å². The van der Waals surface area contributed by atoms with Crippen molar-refractivity contribution in [3.63, 3.8) is 0 Å². The topological polar surface area (TPSA) is 67.8 Å². The monoisotopic (exact) mass is 384 g/mol. The predicted molar refractivity (Wildman–Crippen MR) is 95.5 cm³/mol. The van der Waals surface area contributed by atoms with E-state index in [1.165, 1.54) is 6.92 Å². The van der Waals surface area contributed by atoms with E-state index in [0.717, 1.165) is 15.6 Å². The summed E-state index contributed by atoms with van der Waals surface area (Å²) in [4.78, 5) is 27.3. The average Bonchev–Trinajstić information content (AvgIpc) is 2.90. The molecule has 24 heavy (non-hydrogen) atoms. The number of halogens is 1. The standard InChI is InChI=1S/C18H13BrN2O3/c1-11(22)20-13-8-6-12(7-9-13)10-16-18(23)24-17(21-16)14-4-2-3-5-15(14)19/h2-10H,1H3,(H,20,22)/b16-10+. The van der Waals surface area contributed by atoms with E-state index in [2.05, 4.69) is 26.2 Å². The molecule has 1 aliphatic heterocycles. The summed E-state index contributed by atoms with van der Waals surface area (Å²) < 4.78 is 6.05. The zero-order chi connectivity index (χ0) is 17.1. The Balaban J connectivity index is 1.86. The number of ether oxygens (including phenoxy) is 1. The Kier molecular flexibility index (Phi) is 4.57. The number of rotatable bonds is 3. The van der Waals surface area contributed by atoms with Crippen LogP contribution in [0.25, 0.3) is 6.08 Å². The van der Waals surface area contributed by atoms with Gasteiger partial charge in [0.1, 0.15) is 0 Å².